The van der Waals surface area contributed by atoms with Gasteiger partial charge in [-0.05, 0) is 29.8 Å². The minimum atomic E-state index is -0.975. The van der Waals surface area contributed by atoms with Crippen molar-refractivity contribution >= 4 is 46.8 Å². The maximum atomic E-state index is 11.8. The van der Waals surface area contributed by atoms with Gasteiger partial charge in [-0.15, -0.1) is 11.8 Å². The number of rotatable bonds is 9. The van der Waals surface area contributed by atoms with E-state index < -0.39 is 5.97 Å². The smallest absolute Gasteiger partial charge is 0.335 e. The van der Waals surface area contributed by atoms with Gasteiger partial charge in [0.1, 0.15) is 0 Å². The number of carbonyl (C=O) groups excluding carboxylic acids is 1. The van der Waals surface area contributed by atoms with Crippen molar-refractivity contribution < 1.29 is 19.4 Å². The van der Waals surface area contributed by atoms with Gasteiger partial charge in [-0.3, -0.25) is 4.79 Å². The molecule has 0 saturated heterocycles. The van der Waals surface area contributed by atoms with Crippen LogP contribution in [0.5, 0.6) is 5.75 Å². The third-order valence-electron chi connectivity index (χ3n) is 3.32. The predicted octanol–water partition coefficient (Wildman–Crippen LogP) is 4.12. The number of carbonyl (C=O) groups is 2. The molecule has 0 aliphatic carbocycles. The molecule has 0 fully saturated rings. The third kappa shape index (κ3) is 6.44. The maximum absolute atomic E-state index is 11.8. The Morgan fingerprint density at radius 1 is 1.08 bits per heavy atom. The fourth-order valence-corrected chi connectivity index (χ4v) is 3.14. The van der Waals surface area contributed by atoms with Crippen LogP contribution in [0.4, 0.5) is 0 Å². The quantitative estimate of drug-likeness (QED) is 0.604. The number of hydrogen-bond donors (Lipinski definition) is 2. The lowest BCUT2D eigenvalue weighted by atomic mass is 10.1. The van der Waals surface area contributed by atoms with Crippen molar-refractivity contribution in [1.29, 1.82) is 0 Å². The van der Waals surface area contributed by atoms with Gasteiger partial charge in [0.15, 0.2) is 5.75 Å². The topological polar surface area (TPSA) is 75.6 Å². The van der Waals surface area contributed by atoms with Crippen LogP contribution >= 0.6 is 35.0 Å². The number of aromatic carboxylic acids is 1. The third-order valence-corrected chi connectivity index (χ3v) is 4.83. The Morgan fingerprint density at radius 2 is 1.73 bits per heavy atom. The van der Waals surface area contributed by atoms with Gasteiger partial charge in [0.2, 0.25) is 5.91 Å². The summed E-state index contributed by atoms with van der Waals surface area (Å²) in [6.45, 7) is 0.739. The zero-order valence-corrected chi connectivity index (χ0v) is 16.0. The van der Waals surface area contributed by atoms with Crippen LogP contribution in [-0.2, 0) is 11.3 Å². The van der Waals surface area contributed by atoms with E-state index >= 15 is 0 Å². The number of halogens is 2. The summed E-state index contributed by atoms with van der Waals surface area (Å²) in [6, 6.07) is 11.5. The van der Waals surface area contributed by atoms with Gasteiger partial charge < -0.3 is 15.2 Å². The number of benzene rings is 2. The van der Waals surface area contributed by atoms with Gasteiger partial charge in [-0.2, -0.15) is 0 Å². The van der Waals surface area contributed by atoms with Crippen LogP contribution in [-0.4, -0.2) is 35.1 Å². The number of hydrogen-bond acceptors (Lipinski definition) is 4. The van der Waals surface area contributed by atoms with E-state index in [1.807, 2.05) is 0 Å². The van der Waals surface area contributed by atoms with Gasteiger partial charge in [-0.25, -0.2) is 4.79 Å². The SMILES string of the molecule is O=C(CSCCOc1c(Cl)cccc1Cl)NCc1ccc(C(=O)O)cc1. The summed E-state index contributed by atoms with van der Waals surface area (Å²) in [4.78, 5) is 22.6. The Kier molecular flexibility index (Phi) is 8.09. The molecule has 0 bridgehead atoms. The Bertz CT molecular complexity index is 748. The molecule has 2 aromatic rings. The van der Waals surface area contributed by atoms with E-state index in [1.54, 1.807) is 30.3 Å². The summed E-state index contributed by atoms with van der Waals surface area (Å²) in [5, 5.41) is 12.5. The first-order chi connectivity index (χ1) is 12.5. The number of amides is 1. The number of nitrogens with one attached hydrogen (secondary N) is 1. The molecule has 0 saturated carbocycles. The average molecular weight is 414 g/mol. The monoisotopic (exact) mass is 413 g/mol. The summed E-state index contributed by atoms with van der Waals surface area (Å²) >= 11 is 13.4. The zero-order chi connectivity index (χ0) is 18.9. The summed E-state index contributed by atoms with van der Waals surface area (Å²) in [7, 11) is 0. The van der Waals surface area contributed by atoms with Crippen LogP contribution in [0.2, 0.25) is 10.0 Å². The molecule has 0 aromatic heterocycles. The van der Waals surface area contributed by atoms with Crippen molar-refractivity contribution in [1.82, 2.24) is 5.32 Å². The first-order valence-corrected chi connectivity index (χ1v) is 9.62. The van der Waals surface area contributed by atoms with Gasteiger partial charge in [0.25, 0.3) is 0 Å². The molecule has 2 rings (SSSR count). The number of carboxylic acids is 1. The fraction of sp³-hybridized carbons (Fsp3) is 0.222. The van der Waals surface area contributed by atoms with Crippen LogP contribution in [0, 0.1) is 0 Å². The minimum Gasteiger partial charge on any atom is -0.490 e. The van der Waals surface area contributed by atoms with Crippen molar-refractivity contribution in [3.8, 4) is 5.75 Å². The highest BCUT2D eigenvalue weighted by atomic mass is 35.5. The first kappa shape index (κ1) is 20.4. The molecule has 2 N–H and O–H groups in total. The van der Waals surface area contributed by atoms with Crippen molar-refractivity contribution in [3.63, 3.8) is 0 Å². The second-order valence-corrected chi connectivity index (χ2v) is 7.15. The fourth-order valence-electron chi connectivity index (χ4n) is 2.00. The molecule has 138 valence electrons. The van der Waals surface area contributed by atoms with E-state index in [4.69, 9.17) is 33.0 Å². The first-order valence-electron chi connectivity index (χ1n) is 7.71. The highest BCUT2D eigenvalue weighted by Crippen LogP contribution is 2.32. The van der Waals surface area contributed by atoms with Crippen LogP contribution in [0.3, 0.4) is 0 Å². The minimum absolute atomic E-state index is 0.104. The average Bonchev–Trinajstić information content (AvgIpc) is 2.62. The lowest BCUT2D eigenvalue weighted by molar-refractivity contribution is -0.118. The van der Waals surface area contributed by atoms with Crippen molar-refractivity contribution in [2.24, 2.45) is 0 Å². The molecule has 0 aliphatic heterocycles. The molecule has 0 atom stereocenters. The van der Waals surface area contributed by atoms with Crippen LogP contribution < -0.4 is 10.1 Å². The van der Waals surface area contributed by atoms with Gasteiger partial charge in [-0.1, -0.05) is 41.4 Å². The molecular weight excluding hydrogens is 397 g/mol. The second kappa shape index (κ2) is 10.3. The number of carboxylic acid groups (broad SMARTS) is 1. The molecule has 0 spiro atoms. The Morgan fingerprint density at radius 3 is 2.35 bits per heavy atom. The molecule has 2 aromatic carbocycles. The van der Waals surface area contributed by atoms with Gasteiger partial charge in [0, 0.05) is 12.3 Å². The largest absolute Gasteiger partial charge is 0.490 e. The Labute approximate surface area is 165 Å². The molecular formula is C18H17Cl2NO4S. The lowest BCUT2D eigenvalue weighted by Gasteiger charge is -2.09. The lowest BCUT2D eigenvalue weighted by Crippen LogP contribution is -2.25. The summed E-state index contributed by atoms with van der Waals surface area (Å²) in [6.07, 6.45) is 0. The van der Waals surface area contributed by atoms with Crippen molar-refractivity contribution in [3.05, 3.63) is 63.6 Å². The number of thioether (sulfide) groups is 1. The predicted molar refractivity (Wildman–Crippen MR) is 105 cm³/mol. The highest BCUT2D eigenvalue weighted by Gasteiger charge is 2.07. The maximum Gasteiger partial charge on any atom is 0.335 e. The van der Waals surface area contributed by atoms with E-state index in [1.165, 1.54) is 23.9 Å². The summed E-state index contributed by atoms with van der Waals surface area (Å²) < 4.78 is 5.54. The molecule has 5 nitrogen and oxygen atoms in total. The number of para-hydroxylation sites is 1. The Balaban J connectivity index is 1.64. The highest BCUT2D eigenvalue weighted by molar-refractivity contribution is 7.99. The van der Waals surface area contributed by atoms with E-state index in [-0.39, 0.29) is 11.5 Å². The van der Waals surface area contributed by atoms with E-state index in [2.05, 4.69) is 5.32 Å². The van der Waals surface area contributed by atoms with Crippen molar-refractivity contribution in [2.45, 2.75) is 6.54 Å². The standard InChI is InChI=1S/C18H17Cl2NO4S/c19-14-2-1-3-15(20)17(14)25-8-9-26-11-16(22)21-10-12-4-6-13(7-5-12)18(23)24/h1-7H,8-11H2,(H,21,22)(H,23,24). The Hall–Kier alpha value is -1.89. The van der Waals surface area contributed by atoms with E-state index in [0.717, 1.165) is 5.56 Å². The second-order valence-electron chi connectivity index (χ2n) is 5.23. The van der Waals surface area contributed by atoms with Gasteiger partial charge >= 0.3 is 5.97 Å². The molecule has 0 radical (unpaired) electrons. The molecule has 8 heteroatoms. The van der Waals surface area contributed by atoms with Crippen LogP contribution in [0.1, 0.15) is 15.9 Å². The number of ether oxygens (including phenoxy) is 1. The summed E-state index contributed by atoms with van der Waals surface area (Å²) in [5.74, 6) is 0.283. The van der Waals surface area contributed by atoms with E-state index in [0.29, 0.717) is 40.5 Å². The van der Waals surface area contributed by atoms with Crippen LogP contribution in [0.25, 0.3) is 0 Å². The van der Waals surface area contributed by atoms with Crippen LogP contribution in [0.15, 0.2) is 42.5 Å². The zero-order valence-electron chi connectivity index (χ0n) is 13.7. The molecule has 0 aliphatic rings. The van der Waals surface area contributed by atoms with E-state index in [9.17, 15) is 9.59 Å². The normalized spacial score (nSPS) is 10.4. The van der Waals surface area contributed by atoms with Crippen molar-refractivity contribution in [2.75, 3.05) is 18.1 Å². The molecule has 1 amide bonds. The summed E-state index contributed by atoms with van der Waals surface area (Å²) in [5.41, 5.74) is 1.05. The molecule has 0 heterocycles. The molecule has 26 heavy (non-hydrogen) atoms. The van der Waals surface area contributed by atoms with Gasteiger partial charge in [0.05, 0.1) is 28.0 Å². The molecule has 0 unspecified atom stereocenters.